The third kappa shape index (κ3) is 16.1. The number of hydrogen-bond acceptors (Lipinski definition) is 5. The summed E-state index contributed by atoms with van der Waals surface area (Å²) in [4.78, 5) is 21.4. The van der Waals surface area contributed by atoms with Crippen molar-refractivity contribution in [3.8, 4) is 0 Å². The summed E-state index contributed by atoms with van der Waals surface area (Å²) in [7, 11) is 3.30. The first-order chi connectivity index (χ1) is 11.4. The molecular weight excluding hydrogens is 324 g/mol. The third-order valence-electron chi connectivity index (χ3n) is 4.13. The monoisotopic (exact) mass is 362 g/mol. The molecule has 6 heteroatoms. The summed E-state index contributed by atoms with van der Waals surface area (Å²) in [5.41, 5.74) is -0.407. The van der Waals surface area contributed by atoms with E-state index in [1.807, 2.05) is 34.6 Å². The van der Waals surface area contributed by atoms with Gasteiger partial charge in [-0.25, -0.2) is 0 Å². The molecule has 1 unspecified atom stereocenters. The van der Waals surface area contributed by atoms with Crippen LogP contribution in [0.5, 0.6) is 0 Å². The van der Waals surface area contributed by atoms with E-state index in [1.54, 1.807) is 21.1 Å². The summed E-state index contributed by atoms with van der Waals surface area (Å²) in [5.74, 6) is -1.13. The molecule has 0 bridgehead atoms. The van der Waals surface area contributed by atoms with Crippen molar-refractivity contribution in [2.45, 2.75) is 84.8 Å². The van der Waals surface area contributed by atoms with Crippen molar-refractivity contribution in [1.29, 1.82) is 0 Å². The van der Waals surface area contributed by atoms with Gasteiger partial charge in [-0.15, -0.1) is 0 Å². The van der Waals surface area contributed by atoms with Crippen molar-refractivity contribution >= 4 is 11.9 Å². The minimum Gasteiger partial charge on any atom is -0.481 e. The maximum absolute atomic E-state index is 11.0. The van der Waals surface area contributed by atoms with E-state index in [2.05, 4.69) is 0 Å². The Labute approximate surface area is 153 Å². The lowest BCUT2D eigenvalue weighted by Crippen LogP contribution is -2.25. The molecule has 1 N–H and O–H groups in total. The Morgan fingerprint density at radius 1 is 1.00 bits per heavy atom. The maximum Gasteiger partial charge on any atom is 0.306 e. The molecule has 0 radical (unpaired) electrons. The Morgan fingerprint density at radius 3 is 1.88 bits per heavy atom. The molecule has 6 nitrogen and oxygen atoms in total. The average Bonchev–Trinajstić information content (AvgIpc) is 2.53. The lowest BCUT2D eigenvalue weighted by Gasteiger charge is -2.23. The highest BCUT2D eigenvalue weighted by molar-refractivity contribution is 5.69. The van der Waals surface area contributed by atoms with E-state index in [4.69, 9.17) is 19.3 Å². The molecule has 0 aliphatic heterocycles. The highest BCUT2D eigenvalue weighted by Gasteiger charge is 2.20. The molecule has 0 saturated carbocycles. The maximum atomic E-state index is 11.0. The Hall–Kier alpha value is -1.14. The van der Waals surface area contributed by atoms with Crippen LogP contribution < -0.4 is 0 Å². The molecule has 150 valence electrons. The summed E-state index contributed by atoms with van der Waals surface area (Å²) in [6.07, 6.45) is 3.52. The summed E-state index contributed by atoms with van der Waals surface area (Å²) in [6, 6.07) is 0. The average molecular weight is 363 g/mol. The van der Waals surface area contributed by atoms with Gasteiger partial charge in [0.1, 0.15) is 0 Å². The first-order valence-electron chi connectivity index (χ1n) is 8.89. The van der Waals surface area contributed by atoms with Crippen molar-refractivity contribution < 1.29 is 28.9 Å². The fourth-order valence-corrected chi connectivity index (χ4v) is 1.58. The van der Waals surface area contributed by atoms with E-state index in [1.165, 1.54) is 0 Å². The second kappa shape index (κ2) is 13.1. The zero-order chi connectivity index (χ0) is 20.1. The number of carboxylic acids is 1. The molecule has 0 saturated heterocycles. The van der Waals surface area contributed by atoms with E-state index in [-0.39, 0.29) is 23.1 Å². The molecule has 1 atom stereocenters. The molecule has 0 spiro atoms. The van der Waals surface area contributed by atoms with Gasteiger partial charge in [0.25, 0.3) is 0 Å². The van der Waals surface area contributed by atoms with Gasteiger partial charge in [-0.1, -0.05) is 13.8 Å². The number of esters is 1. The molecular formula is C19H38O6. The molecule has 0 aliphatic carbocycles. The van der Waals surface area contributed by atoms with Crippen LogP contribution in [0.25, 0.3) is 0 Å². The summed E-state index contributed by atoms with van der Waals surface area (Å²) >= 11 is 0. The number of methoxy groups -OCH3 is 2. The molecule has 25 heavy (non-hydrogen) atoms. The van der Waals surface area contributed by atoms with Gasteiger partial charge in [-0.05, 0) is 47.0 Å². The number of carboxylic acid groups (broad SMARTS) is 1. The van der Waals surface area contributed by atoms with Crippen molar-refractivity contribution in [2.75, 3.05) is 20.8 Å². The van der Waals surface area contributed by atoms with Crippen LogP contribution in [-0.2, 0) is 23.8 Å². The van der Waals surface area contributed by atoms with Crippen LogP contribution in [0.3, 0.4) is 0 Å². The van der Waals surface area contributed by atoms with Gasteiger partial charge in [0.15, 0.2) is 0 Å². The highest BCUT2D eigenvalue weighted by Crippen LogP contribution is 2.19. The third-order valence-corrected chi connectivity index (χ3v) is 4.13. The van der Waals surface area contributed by atoms with Crippen LogP contribution in [0.4, 0.5) is 0 Å². The zero-order valence-corrected chi connectivity index (χ0v) is 17.3. The van der Waals surface area contributed by atoms with E-state index in [9.17, 15) is 9.59 Å². The van der Waals surface area contributed by atoms with Crippen molar-refractivity contribution in [3.05, 3.63) is 0 Å². The molecule has 0 heterocycles. The second-order valence-corrected chi connectivity index (χ2v) is 7.43. The predicted octanol–water partition coefficient (Wildman–Crippen LogP) is 4.06. The topological polar surface area (TPSA) is 82.1 Å². The second-order valence-electron chi connectivity index (χ2n) is 7.43. The normalized spacial score (nSPS) is 12.8. The Morgan fingerprint density at radius 2 is 1.48 bits per heavy atom. The first-order valence-corrected chi connectivity index (χ1v) is 8.89. The molecule has 0 amide bonds. The van der Waals surface area contributed by atoms with E-state index in [0.717, 1.165) is 19.3 Å². The van der Waals surface area contributed by atoms with Crippen molar-refractivity contribution in [2.24, 2.45) is 5.92 Å². The molecule has 0 aromatic rings. The molecule has 0 rings (SSSR count). The van der Waals surface area contributed by atoms with Crippen LogP contribution in [0, 0.1) is 5.92 Å². The minimum absolute atomic E-state index is 0.116. The summed E-state index contributed by atoms with van der Waals surface area (Å²) in [6.45, 7) is 12.0. The van der Waals surface area contributed by atoms with Crippen LogP contribution >= 0.6 is 0 Å². The number of carbonyl (C=O) groups is 2. The van der Waals surface area contributed by atoms with Gasteiger partial charge in [-0.2, -0.15) is 0 Å². The minimum atomic E-state index is -0.734. The quantitative estimate of drug-likeness (QED) is 0.558. The molecule has 0 fully saturated rings. The smallest absolute Gasteiger partial charge is 0.306 e. The molecule has 0 aromatic carbocycles. The van der Waals surface area contributed by atoms with E-state index < -0.39 is 5.97 Å². The SMILES string of the molecule is CCCC(=O)OCCC(C)(C)OC.COC(C)(C)CCC(C)C(=O)O. The lowest BCUT2D eigenvalue weighted by molar-refractivity contribution is -0.145. The van der Waals surface area contributed by atoms with Crippen molar-refractivity contribution in [1.82, 2.24) is 0 Å². The van der Waals surface area contributed by atoms with E-state index in [0.29, 0.717) is 19.4 Å². The van der Waals surface area contributed by atoms with Gasteiger partial charge in [0.05, 0.1) is 23.7 Å². The van der Waals surface area contributed by atoms with E-state index >= 15 is 0 Å². The number of rotatable bonds is 11. The number of carbonyl (C=O) groups excluding carboxylic acids is 1. The fourth-order valence-electron chi connectivity index (χ4n) is 1.58. The van der Waals surface area contributed by atoms with Crippen LogP contribution in [0.2, 0.25) is 0 Å². The standard InChI is InChI=1S/C10H20O3.C9H18O3/c1-5-6-9(11)13-8-7-10(2,3)12-4;1-7(8(10)11)5-6-9(2,3)12-4/h5-8H2,1-4H3;7H,5-6H2,1-4H3,(H,10,11). The zero-order valence-electron chi connectivity index (χ0n) is 17.3. The Balaban J connectivity index is 0. The van der Waals surface area contributed by atoms with Gasteiger partial charge >= 0.3 is 11.9 Å². The van der Waals surface area contributed by atoms with Gasteiger partial charge in [-0.3, -0.25) is 9.59 Å². The van der Waals surface area contributed by atoms with Crippen LogP contribution in [0.1, 0.15) is 73.6 Å². The predicted molar refractivity (Wildman–Crippen MR) is 98.7 cm³/mol. The lowest BCUT2D eigenvalue weighted by atomic mass is 9.96. The van der Waals surface area contributed by atoms with Crippen LogP contribution in [0.15, 0.2) is 0 Å². The van der Waals surface area contributed by atoms with Gasteiger partial charge in [0.2, 0.25) is 0 Å². The molecule has 0 aliphatic rings. The van der Waals surface area contributed by atoms with Gasteiger partial charge in [0, 0.05) is 27.1 Å². The summed E-state index contributed by atoms with van der Waals surface area (Å²) < 4.78 is 15.4. The number of aliphatic carboxylic acids is 1. The van der Waals surface area contributed by atoms with Crippen LogP contribution in [-0.4, -0.2) is 49.1 Å². The number of hydrogen-bond donors (Lipinski definition) is 1. The Kier molecular flexibility index (Phi) is 13.7. The molecule has 0 aromatic heterocycles. The largest absolute Gasteiger partial charge is 0.481 e. The van der Waals surface area contributed by atoms with Crippen molar-refractivity contribution in [3.63, 3.8) is 0 Å². The highest BCUT2D eigenvalue weighted by atomic mass is 16.5. The Bertz CT molecular complexity index is 376. The number of ether oxygens (including phenoxy) is 3. The fraction of sp³-hybridized carbons (Fsp3) is 0.895. The van der Waals surface area contributed by atoms with Gasteiger partial charge < -0.3 is 19.3 Å². The summed E-state index contributed by atoms with van der Waals surface area (Å²) in [5, 5.41) is 8.61. The first kappa shape index (κ1) is 26.1.